The van der Waals surface area contributed by atoms with E-state index in [4.69, 9.17) is 27.5 Å². The Morgan fingerprint density at radius 3 is 2.07 bits per heavy atom. The molecule has 0 saturated carbocycles. The SMILES string of the molecule is CCC1OC(COS(=O)(=O)O)C(OC2OC(N[O-])C(C)C(OS(=O)(=O)O)C2C)C1C. The van der Waals surface area contributed by atoms with Gasteiger partial charge in [-0.15, -0.1) is 0 Å². The van der Waals surface area contributed by atoms with Gasteiger partial charge < -0.3 is 24.9 Å². The maximum Gasteiger partial charge on any atom is 0.397 e. The highest BCUT2D eigenvalue weighted by Gasteiger charge is 2.49. The van der Waals surface area contributed by atoms with Crippen molar-refractivity contribution in [1.82, 2.24) is 5.48 Å². The van der Waals surface area contributed by atoms with Gasteiger partial charge in [-0.25, -0.2) is 8.37 Å². The van der Waals surface area contributed by atoms with Crippen LogP contribution in [0.1, 0.15) is 34.1 Å². The molecule has 2 aliphatic rings. The summed E-state index contributed by atoms with van der Waals surface area (Å²) >= 11 is 0. The Morgan fingerprint density at radius 2 is 1.57 bits per heavy atom. The van der Waals surface area contributed by atoms with E-state index in [1.54, 1.807) is 19.3 Å². The summed E-state index contributed by atoms with van der Waals surface area (Å²) in [6.45, 7) is 6.21. The molecule has 2 saturated heterocycles. The highest BCUT2D eigenvalue weighted by atomic mass is 32.3. The topological polar surface area (TPSA) is 190 Å². The third-order valence-electron chi connectivity index (χ3n) is 5.47. The van der Waals surface area contributed by atoms with E-state index in [1.165, 1.54) is 6.92 Å². The van der Waals surface area contributed by atoms with E-state index < -0.39 is 70.1 Å². The molecule has 15 heteroatoms. The zero-order valence-electron chi connectivity index (χ0n) is 16.9. The first-order valence-corrected chi connectivity index (χ1v) is 12.1. The second kappa shape index (κ2) is 9.99. The molecule has 0 spiro atoms. The summed E-state index contributed by atoms with van der Waals surface area (Å²) in [6, 6.07) is 0. The number of hydrogen-bond acceptors (Lipinski definition) is 11. The molecule has 0 aromatic carbocycles. The molecule has 2 aliphatic heterocycles. The Morgan fingerprint density at radius 1 is 0.933 bits per heavy atom. The predicted octanol–water partition coefficient (Wildman–Crippen LogP) is 0.235. The summed E-state index contributed by atoms with van der Waals surface area (Å²) in [4.78, 5) is 0. The molecule has 0 bridgehead atoms. The molecule has 9 unspecified atom stereocenters. The maximum absolute atomic E-state index is 11.3. The zero-order chi connectivity index (χ0) is 22.9. The second-order valence-corrected chi connectivity index (χ2v) is 9.68. The molecule has 13 nitrogen and oxygen atoms in total. The van der Waals surface area contributed by atoms with Gasteiger partial charge in [0.1, 0.15) is 12.3 Å². The van der Waals surface area contributed by atoms with Crippen LogP contribution in [0.25, 0.3) is 0 Å². The minimum atomic E-state index is -4.81. The summed E-state index contributed by atoms with van der Waals surface area (Å²) in [6.07, 6.45) is -4.86. The summed E-state index contributed by atoms with van der Waals surface area (Å²) < 4.78 is 88.8. The summed E-state index contributed by atoms with van der Waals surface area (Å²) in [5, 5.41) is 11.3. The molecule has 0 aliphatic carbocycles. The summed E-state index contributed by atoms with van der Waals surface area (Å²) in [7, 11) is -9.51. The van der Waals surface area contributed by atoms with Crippen molar-refractivity contribution in [3.05, 3.63) is 5.21 Å². The lowest BCUT2D eigenvalue weighted by Gasteiger charge is -2.46. The Hall–Kier alpha value is -0.460. The normalized spacial score (nSPS) is 40.6. The van der Waals surface area contributed by atoms with Crippen molar-refractivity contribution in [2.45, 2.75) is 71.0 Å². The lowest BCUT2D eigenvalue weighted by molar-refractivity contribution is -0.283. The quantitative estimate of drug-likeness (QED) is 0.302. The van der Waals surface area contributed by atoms with Crippen molar-refractivity contribution in [2.75, 3.05) is 6.61 Å². The predicted molar refractivity (Wildman–Crippen MR) is 100 cm³/mol. The molecule has 2 rings (SSSR count). The lowest BCUT2D eigenvalue weighted by atomic mass is 9.88. The van der Waals surface area contributed by atoms with Gasteiger partial charge in [-0.3, -0.25) is 9.11 Å². The fraction of sp³-hybridized carbons (Fsp3) is 1.00. The molecule has 0 aromatic heterocycles. The minimum Gasteiger partial charge on any atom is -0.786 e. The van der Waals surface area contributed by atoms with Crippen LogP contribution in [0.15, 0.2) is 0 Å². The first-order valence-electron chi connectivity index (χ1n) is 9.39. The first-order chi connectivity index (χ1) is 13.8. The number of hydrogen-bond donors (Lipinski definition) is 3. The highest BCUT2D eigenvalue weighted by molar-refractivity contribution is 7.81. The van der Waals surface area contributed by atoms with E-state index in [1.807, 2.05) is 6.92 Å². The fourth-order valence-corrected chi connectivity index (χ4v) is 4.84. The van der Waals surface area contributed by atoms with Crippen LogP contribution in [0, 0.1) is 23.0 Å². The molecule has 2 fully saturated rings. The van der Waals surface area contributed by atoms with Gasteiger partial charge in [0.05, 0.1) is 24.9 Å². The van der Waals surface area contributed by atoms with Crippen molar-refractivity contribution in [2.24, 2.45) is 17.8 Å². The van der Waals surface area contributed by atoms with Crippen LogP contribution in [0.5, 0.6) is 0 Å². The van der Waals surface area contributed by atoms with Crippen LogP contribution in [0.2, 0.25) is 0 Å². The second-order valence-electron chi connectivity index (χ2n) is 7.54. The molecule has 0 radical (unpaired) electrons. The number of hydroxylamine groups is 1. The van der Waals surface area contributed by atoms with Crippen molar-refractivity contribution >= 4 is 20.8 Å². The monoisotopic (exact) mass is 478 g/mol. The molecule has 178 valence electrons. The maximum atomic E-state index is 11.3. The van der Waals surface area contributed by atoms with Crippen LogP contribution in [-0.2, 0) is 43.4 Å². The molecule has 2 heterocycles. The summed E-state index contributed by atoms with van der Waals surface area (Å²) in [5.74, 6) is -1.75. The first kappa shape index (κ1) is 25.8. The fourth-order valence-electron chi connectivity index (χ4n) is 3.90. The van der Waals surface area contributed by atoms with Gasteiger partial charge in [-0.2, -0.15) is 16.8 Å². The van der Waals surface area contributed by atoms with Crippen LogP contribution in [0.4, 0.5) is 0 Å². The van der Waals surface area contributed by atoms with E-state index in [0.29, 0.717) is 6.42 Å². The number of nitrogens with one attached hydrogen (secondary N) is 1. The average Bonchev–Trinajstić information content (AvgIpc) is 2.93. The van der Waals surface area contributed by atoms with E-state index in [2.05, 4.69) is 4.18 Å². The third-order valence-corrected chi connectivity index (χ3v) is 6.37. The zero-order valence-corrected chi connectivity index (χ0v) is 18.5. The van der Waals surface area contributed by atoms with E-state index in [0.717, 1.165) is 0 Å². The standard InChI is InChI=1S/C15H28NO12S2/c1-5-10-7(2)13(11(25-10)6-24-29(18,19)20)26-15-9(4)12(28-30(21,22)23)8(3)14(16-17)27-15/h7-16H,5-6H2,1-4H3,(H,18,19,20)(H,21,22,23)/q-1. The van der Waals surface area contributed by atoms with Gasteiger partial charge in [0, 0.05) is 17.8 Å². The Bertz CT molecular complexity index is 774. The Balaban J connectivity index is 2.22. The molecule has 3 N–H and O–H groups in total. The van der Waals surface area contributed by atoms with Crippen LogP contribution < -0.4 is 5.48 Å². The van der Waals surface area contributed by atoms with Crippen molar-refractivity contribution in [3.63, 3.8) is 0 Å². The van der Waals surface area contributed by atoms with Gasteiger partial charge in [-0.1, -0.05) is 27.7 Å². The smallest absolute Gasteiger partial charge is 0.397 e. The van der Waals surface area contributed by atoms with Gasteiger partial charge in [0.15, 0.2) is 6.29 Å². The Labute approximate surface area is 175 Å². The average molecular weight is 479 g/mol. The molecular formula is C15H28NO12S2-. The number of ether oxygens (including phenoxy) is 3. The largest absolute Gasteiger partial charge is 0.786 e. The van der Waals surface area contributed by atoms with Crippen LogP contribution in [-0.4, -0.2) is 69.5 Å². The van der Waals surface area contributed by atoms with Crippen molar-refractivity contribution < 1.29 is 48.5 Å². The number of rotatable bonds is 9. The van der Waals surface area contributed by atoms with Gasteiger partial charge in [-0.05, 0) is 6.42 Å². The molecular weight excluding hydrogens is 450 g/mol. The van der Waals surface area contributed by atoms with E-state index in [-0.39, 0.29) is 12.0 Å². The third kappa shape index (κ3) is 6.52. The molecule has 9 atom stereocenters. The minimum absolute atomic E-state index is 0.250. The Kier molecular flexibility index (Phi) is 8.59. The van der Waals surface area contributed by atoms with Gasteiger partial charge >= 0.3 is 20.8 Å². The van der Waals surface area contributed by atoms with Crippen LogP contribution in [0.3, 0.4) is 0 Å². The molecule has 0 amide bonds. The molecule has 0 aromatic rings. The molecule has 30 heavy (non-hydrogen) atoms. The van der Waals surface area contributed by atoms with Crippen molar-refractivity contribution in [1.29, 1.82) is 0 Å². The van der Waals surface area contributed by atoms with Crippen molar-refractivity contribution in [3.8, 4) is 0 Å². The van der Waals surface area contributed by atoms with Gasteiger partial charge in [0.2, 0.25) is 0 Å². The van der Waals surface area contributed by atoms with Gasteiger partial charge in [0.25, 0.3) is 0 Å². The van der Waals surface area contributed by atoms with Crippen LogP contribution >= 0.6 is 0 Å². The van der Waals surface area contributed by atoms with E-state index >= 15 is 0 Å². The lowest BCUT2D eigenvalue weighted by Crippen LogP contribution is -2.56. The highest BCUT2D eigenvalue weighted by Crippen LogP contribution is 2.38. The van der Waals surface area contributed by atoms with E-state index in [9.17, 15) is 22.0 Å². The summed E-state index contributed by atoms with van der Waals surface area (Å²) in [5.41, 5.74) is 1.66.